The number of primary amides is 1. The van der Waals surface area contributed by atoms with Crippen LogP contribution >= 0.6 is 0 Å². The summed E-state index contributed by atoms with van der Waals surface area (Å²) in [5.74, 6) is 0.0516. The van der Waals surface area contributed by atoms with Gasteiger partial charge in [-0.3, -0.25) is 14.6 Å². The van der Waals surface area contributed by atoms with Gasteiger partial charge in [-0.05, 0) is 36.5 Å². The summed E-state index contributed by atoms with van der Waals surface area (Å²) in [6.45, 7) is 4.31. The minimum atomic E-state index is -0.678. The molecule has 3 fully saturated rings. The maximum atomic E-state index is 13.1. The molecule has 1 aromatic carbocycles. The number of piperidine rings is 1. The Bertz CT molecular complexity index is 778. The van der Waals surface area contributed by atoms with Crippen molar-refractivity contribution in [3.63, 3.8) is 0 Å². The molecule has 1 amide bonds. The fourth-order valence-corrected chi connectivity index (χ4v) is 4.04. The second-order valence-electron chi connectivity index (χ2n) is 7.22. The Morgan fingerprint density at radius 2 is 2.00 bits per heavy atom. The van der Waals surface area contributed by atoms with Gasteiger partial charge in [-0.2, -0.15) is 4.98 Å². The van der Waals surface area contributed by atoms with Crippen LogP contribution in [0.3, 0.4) is 0 Å². The maximum absolute atomic E-state index is 13.1. The molecule has 138 valence electrons. The number of hydrogen-bond acceptors (Lipinski definition) is 6. The van der Waals surface area contributed by atoms with Crippen LogP contribution in [-0.2, 0) is 13.1 Å². The highest BCUT2D eigenvalue weighted by Crippen LogP contribution is 2.29. The first-order valence-corrected chi connectivity index (χ1v) is 8.90. The van der Waals surface area contributed by atoms with Crippen LogP contribution in [0.15, 0.2) is 28.8 Å². The molecule has 0 spiro atoms. The highest BCUT2D eigenvalue weighted by Gasteiger charge is 2.35. The molecule has 0 saturated carbocycles. The monoisotopic (exact) mass is 359 g/mol. The fraction of sp³-hybridized carbons (Fsp3) is 0.500. The molecule has 1 aromatic heterocycles. The van der Waals surface area contributed by atoms with Crippen LogP contribution in [0.1, 0.15) is 34.9 Å². The number of halogens is 1. The largest absolute Gasteiger partial charge is 0.363 e. The Balaban J connectivity index is 1.42. The van der Waals surface area contributed by atoms with Crippen molar-refractivity contribution in [3.05, 3.63) is 47.4 Å². The first-order valence-electron chi connectivity index (χ1n) is 8.90. The van der Waals surface area contributed by atoms with Crippen LogP contribution in [0.2, 0.25) is 0 Å². The lowest BCUT2D eigenvalue weighted by Gasteiger charge is -2.35. The second-order valence-corrected chi connectivity index (χ2v) is 7.22. The summed E-state index contributed by atoms with van der Waals surface area (Å²) in [7, 11) is 0. The number of nitrogens with two attached hydrogens (primary N) is 1. The average Bonchev–Trinajstić information content (AvgIpc) is 2.92. The van der Waals surface area contributed by atoms with Crippen LogP contribution in [-0.4, -0.2) is 51.5 Å². The van der Waals surface area contributed by atoms with Crippen molar-refractivity contribution >= 4 is 5.91 Å². The van der Waals surface area contributed by atoms with Gasteiger partial charge in [0.2, 0.25) is 5.89 Å². The summed E-state index contributed by atoms with van der Waals surface area (Å²) in [6, 6.07) is 7.13. The van der Waals surface area contributed by atoms with E-state index in [9.17, 15) is 9.18 Å². The van der Waals surface area contributed by atoms with Crippen molar-refractivity contribution in [2.24, 2.45) is 11.7 Å². The SMILES string of the molecule is NC(=O)c1noc(CN2C[C@H]3CC[C@@H]2CN(Cc2ccc(F)cc2)C3)n1. The van der Waals surface area contributed by atoms with E-state index < -0.39 is 5.91 Å². The number of amides is 1. The van der Waals surface area contributed by atoms with Gasteiger partial charge >= 0.3 is 0 Å². The zero-order chi connectivity index (χ0) is 18.1. The predicted octanol–water partition coefficient (Wildman–Crippen LogP) is 1.40. The zero-order valence-electron chi connectivity index (χ0n) is 14.5. The molecule has 2 aromatic rings. The number of fused-ring (bicyclic) bond motifs is 4. The van der Waals surface area contributed by atoms with Gasteiger partial charge in [-0.25, -0.2) is 4.39 Å². The van der Waals surface area contributed by atoms with Gasteiger partial charge in [-0.1, -0.05) is 17.3 Å². The number of nitrogens with zero attached hydrogens (tertiary/aromatic N) is 4. The zero-order valence-corrected chi connectivity index (χ0v) is 14.5. The van der Waals surface area contributed by atoms with Crippen LogP contribution < -0.4 is 5.73 Å². The molecule has 8 heteroatoms. The molecule has 7 nitrogen and oxygen atoms in total. The normalized spacial score (nSPS) is 23.9. The van der Waals surface area contributed by atoms with Crippen molar-refractivity contribution < 1.29 is 13.7 Å². The van der Waals surface area contributed by atoms with Crippen LogP contribution in [0.5, 0.6) is 0 Å². The van der Waals surface area contributed by atoms with E-state index in [-0.39, 0.29) is 11.6 Å². The first kappa shape index (κ1) is 17.1. The lowest BCUT2D eigenvalue weighted by atomic mass is 9.95. The first-order chi connectivity index (χ1) is 12.6. The lowest BCUT2D eigenvalue weighted by Crippen LogP contribution is -2.43. The van der Waals surface area contributed by atoms with Crippen molar-refractivity contribution in [2.75, 3.05) is 19.6 Å². The number of carbonyl (C=O) groups is 1. The van der Waals surface area contributed by atoms with E-state index >= 15 is 0 Å². The molecule has 26 heavy (non-hydrogen) atoms. The smallest absolute Gasteiger partial charge is 0.290 e. The summed E-state index contributed by atoms with van der Waals surface area (Å²) in [5, 5.41) is 3.62. The molecule has 5 rings (SSSR count). The molecule has 0 unspecified atom stereocenters. The topological polar surface area (TPSA) is 88.5 Å². The number of hydrogen-bond donors (Lipinski definition) is 1. The fourth-order valence-electron chi connectivity index (χ4n) is 4.04. The summed E-state index contributed by atoms with van der Waals surface area (Å²) in [5.41, 5.74) is 6.31. The van der Waals surface area contributed by atoms with E-state index in [0.717, 1.165) is 38.2 Å². The Morgan fingerprint density at radius 1 is 1.19 bits per heavy atom. The lowest BCUT2D eigenvalue weighted by molar-refractivity contribution is 0.0987. The van der Waals surface area contributed by atoms with Crippen LogP contribution in [0.25, 0.3) is 0 Å². The molecule has 0 radical (unpaired) electrons. The van der Waals surface area contributed by atoms with E-state index in [1.54, 1.807) is 0 Å². The maximum Gasteiger partial charge on any atom is 0.290 e. The molecule has 2 bridgehead atoms. The van der Waals surface area contributed by atoms with Gasteiger partial charge in [-0.15, -0.1) is 0 Å². The highest BCUT2D eigenvalue weighted by molar-refractivity contribution is 5.88. The highest BCUT2D eigenvalue weighted by atomic mass is 19.1. The summed E-state index contributed by atoms with van der Waals surface area (Å²) >= 11 is 0. The van der Waals surface area contributed by atoms with E-state index in [1.807, 2.05) is 12.1 Å². The Hall–Kier alpha value is -2.32. The summed E-state index contributed by atoms with van der Waals surface area (Å²) in [4.78, 5) is 20.0. The number of aromatic nitrogens is 2. The van der Waals surface area contributed by atoms with E-state index in [1.165, 1.54) is 18.6 Å². The quantitative estimate of drug-likeness (QED) is 0.868. The number of carbonyl (C=O) groups excluding carboxylic acids is 1. The third kappa shape index (κ3) is 3.76. The van der Waals surface area contributed by atoms with Crippen molar-refractivity contribution in [1.29, 1.82) is 0 Å². The van der Waals surface area contributed by atoms with Gasteiger partial charge in [0.05, 0.1) is 6.54 Å². The standard InChI is InChI=1S/C18H22FN5O2/c19-14-4-1-12(2-5-14)7-23-8-13-3-6-15(10-23)24(9-13)11-16-21-18(17(20)25)22-26-16/h1-2,4-5,13,15H,3,6-11H2,(H2,20,25)/t13-,15+/m0/s1. The average molecular weight is 359 g/mol. The molecule has 3 saturated heterocycles. The molecule has 3 aliphatic heterocycles. The van der Waals surface area contributed by atoms with Gasteiger partial charge in [0.25, 0.3) is 11.7 Å². The Labute approximate surface area is 150 Å². The van der Waals surface area contributed by atoms with E-state index in [4.69, 9.17) is 10.3 Å². The molecular formula is C18H22FN5O2. The minimum absolute atomic E-state index is 0.0714. The van der Waals surface area contributed by atoms with Gasteiger partial charge in [0.1, 0.15) is 5.82 Å². The minimum Gasteiger partial charge on any atom is -0.363 e. The third-order valence-electron chi connectivity index (χ3n) is 5.25. The Kier molecular flexibility index (Phi) is 4.69. The summed E-state index contributed by atoms with van der Waals surface area (Å²) < 4.78 is 18.3. The second kappa shape index (κ2) is 7.13. The Morgan fingerprint density at radius 3 is 2.73 bits per heavy atom. The number of benzene rings is 1. The van der Waals surface area contributed by atoms with Gasteiger partial charge < -0.3 is 10.3 Å². The molecular weight excluding hydrogens is 337 g/mol. The molecule has 0 aliphatic carbocycles. The van der Waals surface area contributed by atoms with Gasteiger partial charge in [0.15, 0.2) is 0 Å². The van der Waals surface area contributed by atoms with Crippen molar-refractivity contribution in [1.82, 2.24) is 19.9 Å². The van der Waals surface area contributed by atoms with Crippen molar-refractivity contribution in [3.8, 4) is 0 Å². The summed E-state index contributed by atoms with van der Waals surface area (Å²) in [6.07, 6.45) is 2.33. The van der Waals surface area contributed by atoms with Gasteiger partial charge in [0, 0.05) is 32.2 Å². The van der Waals surface area contributed by atoms with E-state index in [2.05, 4.69) is 19.9 Å². The number of rotatable bonds is 5. The molecule has 2 N–H and O–H groups in total. The predicted molar refractivity (Wildman–Crippen MR) is 91.4 cm³/mol. The van der Waals surface area contributed by atoms with Crippen molar-refractivity contribution in [2.45, 2.75) is 32.0 Å². The molecule has 4 heterocycles. The van der Waals surface area contributed by atoms with E-state index in [0.29, 0.717) is 24.4 Å². The van der Waals surface area contributed by atoms with Crippen LogP contribution in [0.4, 0.5) is 4.39 Å². The molecule has 3 aliphatic rings. The molecule has 2 atom stereocenters. The van der Waals surface area contributed by atoms with Crippen LogP contribution in [0, 0.1) is 11.7 Å². The third-order valence-corrected chi connectivity index (χ3v) is 5.25.